The standard InChI is InChI=1S/C26H24N2O6S/c1-5-34-25(32)23-15(3)27-26(35-23)28-20(16-9-7-6-8-10-16)19(22(30)24(28)31)21(29)17-11-12-18(33-4)14(2)13-17/h6-13,20,29H,5H2,1-4H3/b21-19+/t20-/m0/s1. The highest BCUT2D eigenvalue weighted by Gasteiger charge is 2.48. The monoisotopic (exact) mass is 492 g/mol. The molecule has 1 aliphatic heterocycles. The van der Waals surface area contributed by atoms with Crippen LogP contribution in [0.5, 0.6) is 5.75 Å². The zero-order chi connectivity index (χ0) is 25.3. The van der Waals surface area contributed by atoms with E-state index in [0.717, 1.165) is 16.9 Å². The normalized spacial score (nSPS) is 17.0. The van der Waals surface area contributed by atoms with Crippen LogP contribution in [0.1, 0.15) is 45.0 Å². The molecule has 180 valence electrons. The molecule has 0 spiro atoms. The Balaban J connectivity index is 1.89. The third-order valence-corrected chi connectivity index (χ3v) is 6.82. The van der Waals surface area contributed by atoms with Crippen LogP contribution in [0.2, 0.25) is 0 Å². The molecule has 2 aromatic carbocycles. The Morgan fingerprint density at radius 3 is 2.49 bits per heavy atom. The molecule has 8 nitrogen and oxygen atoms in total. The zero-order valence-corrected chi connectivity index (χ0v) is 20.5. The zero-order valence-electron chi connectivity index (χ0n) is 19.7. The summed E-state index contributed by atoms with van der Waals surface area (Å²) in [5.74, 6) is -1.89. The van der Waals surface area contributed by atoms with E-state index < -0.39 is 23.7 Å². The van der Waals surface area contributed by atoms with Crippen LogP contribution in [-0.4, -0.2) is 41.5 Å². The third kappa shape index (κ3) is 4.30. The Morgan fingerprint density at radius 2 is 1.86 bits per heavy atom. The van der Waals surface area contributed by atoms with Gasteiger partial charge in [0.1, 0.15) is 16.4 Å². The summed E-state index contributed by atoms with van der Waals surface area (Å²) in [6.07, 6.45) is 0. The topological polar surface area (TPSA) is 106 Å². The summed E-state index contributed by atoms with van der Waals surface area (Å²) in [5.41, 5.74) is 2.09. The molecule has 1 saturated heterocycles. The number of anilines is 1. The number of ketones is 1. The average Bonchev–Trinajstić information content (AvgIpc) is 3.36. The first kappa shape index (κ1) is 24.2. The number of nitrogens with zero attached hydrogens (tertiary/aromatic N) is 2. The number of benzene rings is 2. The number of thiazole rings is 1. The van der Waals surface area contributed by atoms with Gasteiger partial charge in [0.15, 0.2) is 5.13 Å². The largest absolute Gasteiger partial charge is 0.507 e. The predicted molar refractivity (Wildman–Crippen MR) is 132 cm³/mol. The minimum absolute atomic E-state index is 0.0590. The van der Waals surface area contributed by atoms with Crippen molar-refractivity contribution in [2.45, 2.75) is 26.8 Å². The van der Waals surface area contributed by atoms with Gasteiger partial charge in [-0.25, -0.2) is 9.78 Å². The SMILES string of the molecule is CCOC(=O)c1sc(N2C(=O)C(=O)/C(=C(/O)c3ccc(OC)c(C)c3)[C@@H]2c2ccccc2)nc1C. The fraction of sp³-hybridized carbons (Fsp3) is 0.231. The van der Waals surface area contributed by atoms with E-state index in [0.29, 0.717) is 22.6 Å². The summed E-state index contributed by atoms with van der Waals surface area (Å²) < 4.78 is 10.4. The lowest BCUT2D eigenvalue weighted by molar-refractivity contribution is -0.132. The molecule has 1 N–H and O–H groups in total. The summed E-state index contributed by atoms with van der Waals surface area (Å²) in [7, 11) is 1.55. The van der Waals surface area contributed by atoms with Gasteiger partial charge in [-0.1, -0.05) is 41.7 Å². The highest BCUT2D eigenvalue weighted by atomic mass is 32.1. The van der Waals surface area contributed by atoms with Crippen molar-refractivity contribution in [3.05, 3.63) is 81.4 Å². The second-order valence-electron chi connectivity index (χ2n) is 7.90. The molecule has 0 radical (unpaired) electrons. The molecule has 9 heteroatoms. The first-order chi connectivity index (χ1) is 16.8. The minimum atomic E-state index is -0.931. The number of aliphatic hydroxyl groups excluding tert-OH is 1. The number of carbonyl (C=O) groups is 3. The van der Waals surface area contributed by atoms with E-state index in [-0.39, 0.29) is 27.9 Å². The first-order valence-corrected chi connectivity index (χ1v) is 11.8. The van der Waals surface area contributed by atoms with Crippen molar-refractivity contribution in [3.8, 4) is 5.75 Å². The van der Waals surface area contributed by atoms with Crippen LogP contribution in [-0.2, 0) is 14.3 Å². The van der Waals surface area contributed by atoms with Crippen LogP contribution in [0, 0.1) is 13.8 Å². The van der Waals surface area contributed by atoms with Gasteiger partial charge in [-0.3, -0.25) is 14.5 Å². The Labute approximate surface area is 206 Å². The Kier molecular flexibility index (Phi) is 6.70. The number of hydrogen-bond donors (Lipinski definition) is 1. The molecule has 3 aromatic rings. The number of rotatable bonds is 6. The summed E-state index contributed by atoms with van der Waals surface area (Å²) in [4.78, 5) is 44.8. The highest BCUT2D eigenvalue weighted by Crippen LogP contribution is 2.44. The number of esters is 1. The average molecular weight is 493 g/mol. The minimum Gasteiger partial charge on any atom is -0.507 e. The van der Waals surface area contributed by atoms with E-state index in [1.54, 1.807) is 63.4 Å². The lowest BCUT2D eigenvalue weighted by Crippen LogP contribution is -2.29. The van der Waals surface area contributed by atoms with Crippen molar-refractivity contribution in [2.24, 2.45) is 0 Å². The van der Waals surface area contributed by atoms with E-state index in [1.807, 2.05) is 13.0 Å². The number of amides is 1. The Bertz CT molecular complexity index is 1350. The number of carbonyl (C=O) groups excluding carboxylic acids is 3. The van der Waals surface area contributed by atoms with E-state index in [4.69, 9.17) is 9.47 Å². The molecule has 0 aliphatic carbocycles. The molecule has 1 fully saturated rings. The third-order valence-electron chi connectivity index (χ3n) is 5.68. The fourth-order valence-corrected chi connectivity index (χ4v) is 5.02. The fourth-order valence-electron chi connectivity index (χ4n) is 4.03. The van der Waals surface area contributed by atoms with Crippen molar-refractivity contribution < 1.29 is 29.0 Å². The van der Waals surface area contributed by atoms with Gasteiger partial charge in [0.05, 0.1) is 31.0 Å². The van der Waals surface area contributed by atoms with Crippen LogP contribution in [0.4, 0.5) is 5.13 Å². The van der Waals surface area contributed by atoms with Crippen LogP contribution in [0.3, 0.4) is 0 Å². The van der Waals surface area contributed by atoms with E-state index >= 15 is 0 Å². The molecule has 1 atom stereocenters. The lowest BCUT2D eigenvalue weighted by atomic mass is 9.95. The van der Waals surface area contributed by atoms with Crippen LogP contribution < -0.4 is 9.64 Å². The number of aromatic nitrogens is 1. The van der Waals surface area contributed by atoms with Gasteiger partial charge < -0.3 is 14.6 Å². The van der Waals surface area contributed by atoms with Gasteiger partial charge in [-0.05, 0) is 50.1 Å². The maximum absolute atomic E-state index is 13.3. The molecule has 0 saturated carbocycles. The Hall–Kier alpha value is -3.98. The van der Waals surface area contributed by atoms with Crippen LogP contribution in [0.15, 0.2) is 54.1 Å². The molecule has 0 bridgehead atoms. The van der Waals surface area contributed by atoms with Crippen LogP contribution >= 0.6 is 11.3 Å². The van der Waals surface area contributed by atoms with Crippen molar-refractivity contribution in [1.29, 1.82) is 0 Å². The summed E-state index contributed by atoms with van der Waals surface area (Å²) in [6, 6.07) is 13.0. The second-order valence-corrected chi connectivity index (χ2v) is 8.87. The van der Waals surface area contributed by atoms with Crippen molar-refractivity contribution in [2.75, 3.05) is 18.6 Å². The number of Topliss-reactive ketones (excluding diaryl/α,β-unsaturated/α-hetero) is 1. The van der Waals surface area contributed by atoms with E-state index in [1.165, 1.54) is 4.90 Å². The molecule has 0 unspecified atom stereocenters. The van der Waals surface area contributed by atoms with Gasteiger partial charge in [-0.2, -0.15) is 0 Å². The van der Waals surface area contributed by atoms with Crippen molar-refractivity contribution in [1.82, 2.24) is 4.98 Å². The molecule has 1 aliphatic rings. The maximum atomic E-state index is 13.3. The van der Waals surface area contributed by atoms with E-state index in [2.05, 4.69) is 4.98 Å². The molecular formula is C26H24N2O6S. The van der Waals surface area contributed by atoms with Gasteiger partial charge in [0.2, 0.25) is 0 Å². The number of ether oxygens (including phenoxy) is 2. The number of methoxy groups -OCH3 is 1. The van der Waals surface area contributed by atoms with Crippen LogP contribution in [0.25, 0.3) is 5.76 Å². The maximum Gasteiger partial charge on any atom is 0.350 e. The first-order valence-electron chi connectivity index (χ1n) is 10.9. The van der Waals surface area contributed by atoms with Crippen molar-refractivity contribution >= 4 is 39.9 Å². The van der Waals surface area contributed by atoms with E-state index in [9.17, 15) is 19.5 Å². The van der Waals surface area contributed by atoms with Crippen molar-refractivity contribution in [3.63, 3.8) is 0 Å². The summed E-state index contributed by atoms with van der Waals surface area (Å²) in [6.45, 7) is 5.35. The van der Waals surface area contributed by atoms with Gasteiger partial charge in [0, 0.05) is 5.56 Å². The number of aliphatic hydroxyl groups is 1. The molecular weight excluding hydrogens is 468 g/mol. The number of aryl methyl sites for hydroxylation is 2. The molecule has 1 aromatic heterocycles. The van der Waals surface area contributed by atoms with Gasteiger partial charge in [-0.15, -0.1) is 0 Å². The second kappa shape index (κ2) is 9.71. The smallest absolute Gasteiger partial charge is 0.350 e. The Morgan fingerprint density at radius 1 is 1.14 bits per heavy atom. The highest BCUT2D eigenvalue weighted by molar-refractivity contribution is 7.17. The van der Waals surface area contributed by atoms with Gasteiger partial charge in [0.25, 0.3) is 5.78 Å². The lowest BCUT2D eigenvalue weighted by Gasteiger charge is -2.23. The molecule has 1 amide bonds. The molecule has 35 heavy (non-hydrogen) atoms. The summed E-state index contributed by atoms with van der Waals surface area (Å²) >= 11 is 0.972. The van der Waals surface area contributed by atoms with Gasteiger partial charge >= 0.3 is 11.9 Å². The molecule has 4 rings (SSSR count). The predicted octanol–water partition coefficient (Wildman–Crippen LogP) is 4.57. The quantitative estimate of drug-likeness (QED) is 0.232. The number of hydrogen-bond acceptors (Lipinski definition) is 8. The summed E-state index contributed by atoms with van der Waals surface area (Å²) in [5, 5.41) is 11.4. The molecule has 2 heterocycles.